The first-order valence-corrected chi connectivity index (χ1v) is 12.3. The van der Waals surface area contributed by atoms with Gasteiger partial charge in [0.05, 0.1) is 5.56 Å². The van der Waals surface area contributed by atoms with Crippen LogP contribution in [0.5, 0.6) is 34.5 Å². The molecule has 0 aromatic heterocycles. The minimum atomic E-state index is -2.41. The molecule has 0 N–H and O–H groups in total. The highest BCUT2D eigenvalue weighted by Gasteiger charge is 2.44. The first-order valence-electron chi connectivity index (χ1n) is 11.1. The summed E-state index contributed by atoms with van der Waals surface area (Å²) in [6.07, 6.45) is -0.198. The van der Waals surface area contributed by atoms with Crippen molar-refractivity contribution in [1.82, 2.24) is 0 Å². The largest absolute Gasteiger partial charge is 0.606 e. The number of fused-ring (bicyclic) bond motifs is 2. The van der Waals surface area contributed by atoms with Gasteiger partial charge >= 0.3 is 35.8 Å². The highest BCUT2D eigenvalue weighted by Crippen LogP contribution is 2.57. The van der Waals surface area contributed by atoms with Crippen LogP contribution >= 0.6 is 0 Å². The number of carbonyl (C=O) groups is 6. The van der Waals surface area contributed by atoms with Gasteiger partial charge in [-0.15, -0.1) is 0 Å². The molecule has 1 aliphatic rings. The van der Waals surface area contributed by atoms with Gasteiger partial charge in [-0.25, -0.2) is 0 Å². The number of rotatable bonds is 6. The van der Waals surface area contributed by atoms with Crippen molar-refractivity contribution in [2.45, 2.75) is 57.8 Å². The molecular formula is C25H22O13S. The summed E-state index contributed by atoms with van der Waals surface area (Å²) in [5.74, 6) is -8.05. The lowest BCUT2D eigenvalue weighted by Gasteiger charge is -2.28. The van der Waals surface area contributed by atoms with Gasteiger partial charge in [0.15, 0.2) is 11.5 Å². The van der Waals surface area contributed by atoms with Crippen LogP contribution in [0.4, 0.5) is 0 Å². The molecule has 0 radical (unpaired) electrons. The maximum absolute atomic E-state index is 14.2. The molecule has 2 aromatic rings. The molecule has 1 aliphatic heterocycles. The molecule has 14 heteroatoms. The van der Waals surface area contributed by atoms with E-state index in [1.165, 1.54) is 12.1 Å². The van der Waals surface area contributed by atoms with E-state index in [1.54, 1.807) is 0 Å². The van der Waals surface area contributed by atoms with Crippen LogP contribution in [0.25, 0.3) is 0 Å². The summed E-state index contributed by atoms with van der Waals surface area (Å²) in [6, 6.07) is 2.73. The van der Waals surface area contributed by atoms with E-state index in [0.29, 0.717) is 0 Å². The smallest absolute Gasteiger partial charge is 0.308 e. The number of ether oxygens (including phenoxy) is 6. The zero-order valence-corrected chi connectivity index (χ0v) is 22.4. The van der Waals surface area contributed by atoms with E-state index < -0.39 is 70.0 Å². The Morgan fingerprint density at radius 2 is 0.974 bits per heavy atom. The van der Waals surface area contributed by atoms with Crippen molar-refractivity contribution in [1.29, 1.82) is 0 Å². The molecule has 1 unspecified atom stereocenters. The van der Waals surface area contributed by atoms with Crippen molar-refractivity contribution < 1.29 is 61.7 Å². The van der Waals surface area contributed by atoms with Gasteiger partial charge < -0.3 is 33.0 Å². The van der Waals surface area contributed by atoms with Crippen LogP contribution in [0, 0.1) is 0 Å². The van der Waals surface area contributed by atoms with Gasteiger partial charge in [-0.2, -0.15) is 0 Å². The minimum Gasteiger partial charge on any atom is -0.606 e. The fourth-order valence-corrected chi connectivity index (χ4v) is 5.28. The Balaban J connectivity index is 2.49. The van der Waals surface area contributed by atoms with Crippen molar-refractivity contribution in [3.63, 3.8) is 0 Å². The summed E-state index contributed by atoms with van der Waals surface area (Å²) >= 11 is -2.41. The highest BCUT2D eigenvalue weighted by molar-refractivity contribution is 7.92. The minimum absolute atomic E-state index is 0.0200. The van der Waals surface area contributed by atoms with E-state index in [2.05, 4.69) is 0 Å². The Morgan fingerprint density at radius 3 is 1.46 bits per heavy atom. The van der Waals surface area contributed by atoms with Crippen molar-refractivity contribution in [3.8, 4) is 34.5 Å². The molecule has 206 valence electrons. The van der Waals surface area contributed by atoms with Crippen LogP contribution in [0.2, 0.25) is 0 Å². The Morgan fingerprint density at radius 1 is 0.564 bits per heavy atom. The summed E-state index contributed by atoms with van der Waals surface area (Å²) in [5.41, 5.74) is 0.248. The van der Waals surface area contributed by atoms with Crippen molar-refractivity contribution in [2.75, 3.05) is 0 Å². The Hall–Kier alpha value is -4.43. The molecule has 1 atom stereocenters. The van der Waals surface area contributed by atoms with Gasteiger partial charge in [0.2, 0.25) is 32.8 Å². The van der Waals surface area contributed by atoms with Gasteiger partial charge in [-0.3, -0.25) is 28.8 Å². The quantitative estimate of drug-likeness (QED) is 0.284. The summed E-state index contributed by atoms with van der Waals surface area (Å²) in [4.78, 5) is 71.2. The molecule has 0 bridgehead atoms. The fourth-order valence-electron chi connectivity index (χ4n) is 3.70. The lowest BCUT2D eigenvalue weighted by atomic mass is 10.0. The van der Waals surface area contributed by atoms with Crippen LogP contribution in [0.1, 0.15) is 52.7 Å². The topological polar surface area (TPSA) is 181 Å². The summed E-state index contributed by atoms with van der Waals surface area (Å²) in [6.45, 7) is 6.26. The molecular weight excluding hydrogens is 540 g/mol. The molecule has 0 saturated carbocycles. The molecule has 0 aliphatic carbocycles. The lowest BCUT2D eigenvalue weighted by molar-refractivity contribution is -0.136. The highest BCUT2D eigenvalue weighted by atomic mass is 32.2. The predicted molar refractivity (Wildman–Crippen MR) is 128 cm³/mol. The standard InChI is InChI=1S/C25H22O13S/c1-10(26)33-18-8-7-16-9-17-19(34-11(2)27)21(36-13(4)29)22(37-14(5)30)23(38-15(6)31)25(17)39(32)24(16)20(18)35-12(3)28/h7-8H,9H2,1-6H3. The second kappa shape index (κ2) is 11.5. The average molecular weight is 563 g/mol. The van der Waals surface area contributed by atoms with Gasteiger partial charge in [-0.1, -0.05) is 0 Å². The molecule has 3 rings (SSSR count). The second-order valence-electron chi connectivity index (χ2n) is 8.01. The molecule has 0 amide bonds. The number of hydrogen-bond donors (Lipinski definition) is 0. The Bertz CT molecular complexity index is 1430. The molecule has 39 heavy (non-hydrogen) atoms. The average Bonchev–Trinajstić information content (AvgIpc) is 2.78. The van der Waals surface area contributed by atoms with E-state index >= 15 is 0 Å². The molecule has 1 heterocycles. The van der Waals surface area contributed by atoms with Crippen LogP contribution in [-0.2, 0) is 46.4 Å². The maximum Gasteiger partial charge on any atom is 0.308 e. The monoisotopic (exact) mass is 562 g/mol. The van der Waals surface area contributed by atoms with Crippen molar-refractivity contribution >= 4 is 47.0 Å². The SMILES string of the molecule is CC(=O)Oc1ccc2c(c1OC(C)=O)[S+]([O-])c1c(c(OC(C)=O)c(OC(C)=O)c(OC(C)=O)c1OC(C)=O)C2. The zero-order valence-electron chi connectivity index (χ0n) is 21.6. The molecule has 0 fully saturated rings. The lowest BCUT2D eigenvalue weighted by Crippen LogP contribution is -2.23. The number of carbonyl (C=O) groups excluding carboxylic acids is 6. The van der Waals surface area contributed by atoms with E-state index in [0.717, 1.165) is 41.5 Å². The molecule has 2 aromatic carbocycles. The van der Waals surface area contributed by atoms with Gasteiger partial charge in [0.25, 0.3) is 0 Å². The van der Waals surface area contributed by atoms with Gasteiger partial charge in [-0.05, 0) is 12.1 Å². The normalized spacial score (nSPS) is 13.3. The van der Waals surface area contributed by atoms with E-state index in [4.69, 9.17) is 28.4 Å². The molecule has 0 saturated heterocycles. The van der Waals surface area contributed by atoms with Gasteiger partial charge in [0, 0.05) is 64.7 Å². The van der Waals surface area contributed by atoms with Crippen LogP contribution in [-0.4, -0.2) is 40.4 Å². The third-order valence-corrected chi connectivity index (χ3v) is 6.37. The van der Waals surface area contributed by atoms with E-state index in [9.17, 15) is 33.3 Å². The fraction of sp³-hybridized carbons (Fsp3) is 0.280. The van der Waals surface area contributed by atoms with Crippen molar-refractivity contribution in [3.05, 3.63) is 23.3 Å². The summed E-state index contributed by atoms with van der Waals surface area (Å²) < 4.78 is 45.6. The van der Waals surface area contributed by atoms with Crippen LogP contribution < -0.4 is 28.4 Å². The molecule has 0 spiro atoms. The summed E-state index contributed by atoms with van der Waals surface area (Å²) in [5, 5.41) is 0. The third-order valence-electron chi connectivity index (χ3n) is 4.75. The first-order chi connectivity index (χ1) is 18.2. The first kappa shape index (κ1) is 29.1. The van der Waals surface area contributed by atoms with Crippen LogP contribution in [0.15, 0.2) is 21.9 Å². The Kier molecular flexibility index (Phi) is 8.61. The summed E-state index contributed by atoms with van der Waals surface area (Å²) in [7, 11) is 0. The maximum atomic E-state index is 14.2. The predicted octanol–water partition coefficient (Wildman–Crippen LogP) is 2.31. The number of benzene rings is 2. The third kappa shape index (κ3) is 6.35. The van der Waals surface area contributed by atoms with E-state index in [-0.39, 0.29) is 38.8 Å². The second-order valence-corrected chi connectivity index (χ2v) is 9.37. The number of esters is 6. The van der Waals surface area contributed by atoms with Crippen molar-refractivity contribution in [2.24, 2.45) is 0 Å². The molecule has 13 nitrogen and oxygen atoms in total. The zero-order chi connectivity index (χ0) is 29.2. The van der Waals surface area contributed by atoms with Gasteiger partial charge in [0.1, 0.15) is 0 Å². The van der Waals surface area contributed by atoms with E-state index in [1.807, 2.05) is 0 Å². The Labute approximate surface area is 224 Å². The number of hydrogen-bond acceptors (Lipinski definition) is 13. The van der Waals surface area contributed by atoms with Crippen LogP contribution in [0.3, 0.4) is 0 Å².